The normalized spacial score (nSPS) is 11.2. The van der Waals surface area contributed by atoms with Gasteiger partial charge in [-0.15, -0.1) is 0 Å². The molecule has 9 rings (SSSR count). The highest BCUT2D eigenvalue weighted by Gasteiger charge is 2.18. The van der Waals surface area contributed by atoms with Crippen molar-refractivity contribution in [3.8, 4) is 0 Å². The molecule has 0 atom stereocenters. The van der Waals surface area contributed by atoms with Crippen molar-refractivity contribution in [2.75, 3.05) is 0 Å². The fourth-order valence-electron chi connectivity index (χ4n) is 8.19. The summed E-state index contributed by atoms with van der Waals surface area (Å²) in [6.45, 7) is 14.4. The van der Waals surface area contributed by atoms with Crippen LogP contribution in [0.1, 0.15) is 50.1 Å². The van der Waals surface area contributed by atoms with E-state index in [1.54, 1.807) is 54.6 Å². The molecule has 0 aliphatic heterocycles. The fraction of sp³-hybridized carbons (Fsp3) is 0.167. The highest BCUT2D eigenvalue weighted by molar-refractivity contribution is 7.80. The molecular formula is C54H48O9S4. The maximum Gasteiger partial charge on any atom is 0.200 e. The minimum atomic E-state index is -0.0830. The van der Waals surface area contributed by atoms with Gasteiger partial charge in [0.05, 0.1) is 49.6 Å². The van der Waals surface area contributed by atoms with Gasteiger partial charge >= 0.3 is 0 Å². The summed E-state index contributed by atoms with van der Waals surface area (Å²) in [6, 6.07) is 27.1. The summed E-state index contributed by atoms with van der Waals surface area (Å²) < 4.78 is 18.2. The molecule has 0 unspecified atom stereocenters. The van der Waals surface area contributed by atoms with Crippen LogP contribution in [-0.2, 0) is 42.3 Å². The van der Waals surface area contributed by atoms with Crippen LogP contribution >= 0.6 is 50.5 Å². The number of hydrogen-bond acceptors (Lipinski definition) is 13. The lowest BCUT2D eigenvalue weighted by Crippen LogP contribution is -2.06. The number of aliphatic hydroxyl groups excluding tert-OH is 3. The maximum atomic E-state index is 12.8. The second kappa shape index (κ2) is 20.7. The van der Waals surface area contributed by atoms with Gasteiger partial charge in [-0.1, -0.05) is 74.3 Å². The van der Waals surface area contributed by atoms with Gasteiger partial charge in [-0.05, 0) is 72.5 Å². The quantitative estimate of drug-likeness (QED) is 0.0404. The van der Waals surface area contributed by atoms with Crippen molar-refractivity contribution in [1.82, 2.24) is 0 Å². The third-order valence-electron chi connectivity index (χ3n) is 11.6. The molecule has 3 aromatic heterocycles. The lowest BCUT2D eigenvalue weighted by molar-refractivity contribution is 0.401. The first-order valence-electron chi connectivity index (χ1n) is 21.1. The van der Waals surface area contributed by atoms with Crippen molar-refractivity contribution >= 4 is 116 Å². The van der Waals surface area contributed by atoms with E-state index in [4.69, 9.17) is 13.3 Å². The van der Waals surface area contributed by atoms with Gasteiger partial charge in [0.2, 0.25) is 16.3 Å². The van der Waals surface area contributed by atoms with E-state index in [9.17, 15) is 29.7 Å². The van der Waals surface area contributed by atoms with Crippen LogP contribution in [0.2, 0.25) is 0 Å². The summed E-state index contributed by atoms with van der Waals surface area (Å²) in [5.41, 5.74) is 11.0. The van der Waals surface area contributed by atoms with Crippen molar-refractivity contribution in [3.05, 3.63) is 209 Å². The minimum absolute atomic E-state index is 0.0266. The van der Waals surface area contributed by atoms with Crippen LogP contribution < -0.4 is 16.3 Å². The number of hydrogen-bond donors (Lipinski definition) is 7. The van der Waals surface area contributed by atoms with Crippen molar-refractivity contribution in [2.24, 2.45) is 0 Å². The Kier molecular flexibility index (Phi) is 15.1. The van der Waals surface area contributed by atoms with Crippen LogP contribution in [0.5, 0.6) is 0 Å². The summed E-state index contributed by atoms with van der Waals surface area (Å²) in [6.07, 6.45) is 0.763. The summed E-state index contributed by atoms with van der Waals surface area (Å²) >= 11 is 17.4. The number of aliphatic hydroxyl groups is 3. The molecular weight excluding hydrogens is 921 g/mol. The molecule has 0 saturated carbocycles. The molecule has 13 heteroatoms. The number of allylic oxidation sites excluding steroid dienone is 3. The fourth-order valence-corrected chi connectivity index (χ4v) is 9.57. The molecule has 0 amide bonds. The standard InChI is InChI=1S/C18H16O3S2.2C18H16O3S/c1-10(19)7-11-3-2-4-13-16(20)14-6-5-12(8-22)15(9-23)18(14)21-17(11)13;1-10(19)8-12-4-3-5-14-16(20)15-7-6-13(9-22)11(2)17(15)21-18(12)14;1-10-6-7-14-16(20)13-5-3-4-12(8-11(2)19)17(13)21-18(14)15(10)9-22/h2-6,19,22-23H,1,7-9H2;3-7,19,22H,1,8-9H2,2H3;3-7,19,22H,2,8-9H2,1H3. The molecule has 67 heavy (non-hydrogen) atoms. The van der Waals surface area contributed by atoms with Crippen molar-refractivity contribution in [1.29, 1.82) is 0 Å². The molecule has 0 spiro atoms. The van der Waals surface area contributed by atoms with Crippen molar-refractivity contribution < 1.29 is 28.6 Å². The van der Waals surface area contributed by atoms with E-state index in [-0.39, 0.29) is 52.8 Å². The van der Waals surface area contributed by atoms with E-state index in [0.29, 0.717) is 88.8 Å². The third-order valence-corrected chi connectivity index (χ3v) is 12.9. The Morgan fingerprint density at radius 2 is 0.761 bits per heavy atom. The first-order chi connectivity index (χ1) is 32.1. The van der Waals surface area contributed by atoms with Gasteiger partial charge in [0.25, 0.3) is 0 Å². The molecule has 0 aliphatic rings. The number of para-hydroxylation sites is 3. The lowest BCUT2D eigenvalue weighted by Gasteiger charge is -2.11. The average molecular weight is 969 g/mol. The first kappa shape index (κ1) is 48.7. The lowest BCUT2D eigenvalue weighted by atomic mass is 10.0. The molecule has 0 bridgehead atoms. The molecule has 0 radical (unpaired) electrons. The molecule has 3 heterocycles. The maximum absolute atomic E-state index is 12.8. The summed E-state index contributed by atoms with van der Waals surface area (Å²) in [7, 11) is 0. The third kappa shape index (κ3) is 9.78. The number of aryl methyl sites for hydroxylation is 2. The summed E-state index contributed by atoms with van der Waals surface area (Å²) in [5, 5.41) is 31.6. The Balaban J connectivity index is 0.000000149. The van der Waals surface area contributed by atoms with Crippen LogP contribution in [0.3, 0.4) is 0 Å². The summed E-state index contributed by atoms with van der Waals surface area (Å²) in [4.78, 5) is 38.3. The Morgan fingerprint density at radius 3 is 1.15 bits per heavy atom. The Hall–Kier alpha value is -6.25. The van der Waals surface area contributed by atoms with Crippen molar-refractivity contribution in [3.63, 3.8) is 0 Å². The van der Waals surface area contributed by atoms with E-state index in [1.807, 2.05) is 50.2 Å². The largest absolute Gasteiger partial charge is 0.513 e. The zero-order chi connectivity index (χ0) is 48.3. The summed E-state index contributed by atoms with van der Waals surface area (Å²) in [5.74, 6) is 2.17. The van der Waals surface area contributed by atoms with Gasteiger partial charge in [-0.3, -0.25) is 14.4 Å². The SMILES string of the molecule is C=C(O)Cc1cccc2c(=O)c3ccc(C)c(CS)c3oc12.C=C(O)Cc1cccc2c(=O)c3ccc(CS)c(C)c3oc12.C=C(O)Cc1cccc2c(=O)c3ccc(CS)c(CS)c3oc12. The molecule has 0 fully saturated rings. The predicted octanol–water partition coefficient (Wildman–Crippen LogP) is 13.0. The Labute approximate surface area is 407 Å². The zero-order valence-corrected chi connectivity index (χ0v) is 40.4. The second-order valence-electron chi connectivity index (χ2n) is 16.1. The molecule has 6 aromatic carbocycles. The van der Waals surface area contributed by atoms with Gasteiger partial charge < -0.3 is 28.6 Å². The van der Waals surface area contributed by atoms with E-state index in [1.165, 1.54) is 0 Å². The van der Waals surface area contributed by atoms with Crippen LogP contribution in [0, 0.1) is 13.8 Å². The van der Waals surface area contributed by atoms with Crippen LogP contribution in [-0.4, -0.2) is 15.3 Å². The Morgan fingerprint density at radius 1 is 0.418 bits per heavy atom. The second-order valence-corrected chi connectivity index (χ2v) is 17.3. The highest BCUT2D eigenvalue weighted by atomic mass is 32.1. The topological polar surface area (TPSA) is 151 Å². The monoisotopic (exact) mass is 968 g/mol. The van der Waals surface area contributed by atoms with E-state index in [0.717, 1.165) is 50.1 Å². The number of fused-ring (bicyclic) bond motifs is 6. The van der Waals surface area contributed by atoms with Crippen LogP contribution in [0.15, 0.2) is 156 Å². The molecule has 9 nitrogen and oxygen atoms in total. The number of benzene rings is 6. The molecule has 342 valence electrons. The number of rotatable bonds is 10. The van der Waals surface area contributed by atoms with Gasteiger partial charge in [-0.2, -0.15) is 50.5 Å². The van der Waals surface area contributed by atoms with E-state index >= 15 is 0 Å². The minimum Gasteiger partial charge on any atom is -0.513 e. The molecule has 0 saturated heterocycles. The van der Waals surface area contributed by atoms with E-state index < -0.39 is 0 Å². The van der Waals surface area contributed by atoms with Gasteiger partial charge in [0.1, 0.15) is 33.5 Å². The van der Waals surface area contributed by atoms with Gasteiger partial charge in [0, 0.05) is 70.1 Å². The van der Waals surface area contributed by atoms with Gasteiger partial charge in [0.15, 0.2) is 0 Å². The molecule has 0 aliphatic carbocycles. The van der Waals surface area contributed by atoms with Crippen molar-refractivity contribution in [2.45, 2.75) is 56.1 Å². The first-order valence-corrected chi connectivity index (χ1v) is 23.6. The predicted molar refractivity (Wildman–Crippen MR) is 287 cm³/mol. The molecule has 9 aromatic rings. The van der Waals surface area contributed by atoms with E-state index in [2.05, 4.69) is 70.3 Å². The van der Waals surface area contributed by atoms with Crippen LogP contribution in [0.4, 0.5) is 0 Å². The van der Waals surface area contributed by atoms with Crippen LogP contribution in [0.25, 0.3) is 65.8 Å². The van der Waals surface area contributed by atoms with Gasteiger partial charge in [-0.25, -0.2) is 0 Å². The average Bonchev–Trinajstić information content (AvgIpc) is 3.30. The molecule has 3 N–H and O–H groups in total. The smallest absolute Gasteiger partial charge is 0.200 e. The zero-order valence-electron chi connectivity index (χ0n) is 36.8. The Bertz CT molecular complexity index is 3640. The number of thiol groups is 4. The highest BCUT2D eigenvalue weighted by Crippen LogP contribution is 2.31.